The van der Waals surface area contributed by atoms with Crippen LogP contribution in [0, 0.1) is 0 Å². The van der Waals surface area contributed by atoms with Crippen molar-refractivity contribution >= 4 is 11.8 Å². The Morgan fingerprint density at radius 1 is 1.43 bits per heavy atom. The van der Waals surface area contributed by atoms with Gasteiger partial charge in [-0.05, 0) is 13.3 Å². The Kier molecular flexibility index (Phi) is 5.87. The van der Waals surface area contributed by atoms with Gasteiger partial charge in [-0.3, -0.25) is 9.59 Å². The van der Waals surface area contributed by atoms with Crippen molar-refractivity contribution in [3.63, 3.8) is 0 Å². The maximum Gasteiger partial charge on any atom is 0.242 e. The maximum atomic E-state index is 11.3. The fourth-order valence-electron chi connectivity index (χ4n) is 0.965. The summed E-state index contributed by atoms with van der Waals surface area (Å²) in [4.78, 5) is 22.3. The predicted molar refractivity (Wildman–Crippen MR) is 54.6 cm³/mol. The Labute approximate surface area is 84.4 Å². The van der Waals surface area contributed by atoms with Gasteiger partial charge in [-0.1, -0.05) is 6.92 Å². The quantitative estimate of drug-likeness (QED) is 0.553. The molecule has 5 nitrogen and oxygen atoms in total. The van der Waals surface area contributed by atoms with Crippen molar-refractivity contribution in [1.29, 1.82) is 0 Å². The van der Waals surface area contributed by atoms with E-state index in [1.807, 2.05) is 6.92 Å². The number of amides is 2. The van der Waals surface area contributed by atoms with Gasteiger partial charge >= 0.3 is 0 Å². The van der Waals surface area contributed by atoms with E-state index in [-0.39, 0.29) is 24.3 Å². The lowest BCUT2D eigenvalue weighted by molar-refractivity contribution is -0.128. The fourth-order valence-corrected chi connectivity index (χ4v) is 0.965. The van der Waals surface area contributed by atoms with E-state index in [0.29, 0.717) is 0 Å². The molecule has 0 rings (SSSR count). The first-order valence-corrected chi connectivity index (χ1v) is 4.77. The predicted octanol–water partition coefficient (Wildman–Crippen LogP) is -0.635. The molecule has 2 unspecified atom stereocenters. The molecule has 0 saturated heterocycles. The zero-order valence-corrected chi connectivity index (χ0v) is 8.96. The van der Waals surface area contributed by atoms with E-state index in [1.165, 1.54) is 7.05 Å². The Balaban J connectivity index is 3.88. The summed E-state index contributed by atoms with van der Waals surface area (Å²) in [5.41, 5.74) is 5.60. The number of nitrogens with one attached hydrogen (secondary N) is 2. The molecule has 0 aromatic heterocycles. The molecule has 4 N–H and O–H groups in total. The first-order valence-electron chi connectivity index (χ1n) is 4.77. The summed E-state index contributed by atoms with van der Waals surface area (Å²) in [6.45, 7) is 3.55. The van der Waals surface area contributed by atoms with Crippen LogP contribution < -0.4 is 16.4 Å². The Morgan fingerprint density at radius 2 is 2.00 bits per heavy atom. The summed E-state index contributed by atoms with van der Waals surface area (Å²) in [6.07, 6.45) is 1.01. The van der Waals surface area contributed by atoms with Crippen LogP contribution >= 0.6 is 0 Å². The minimum Gasteiger partial charge on any atom is -0.357 e. The number of likely N-dealkylation sites (N-methyl/N-ethyl adjacent to an activating group) is 1. The van der Waals surface area contributed by atoms with Gasteiger partial charge in [0.15, 0.2) is 0 Å². The summed E-state index contributed by atoms with van der Waals surface area (Å²) in [6, 6.07) is -0.636. The van der Waals surface area contributed by atoms with Crippen molar-refractivity contribution in [3.8, 4) is 0 Å². The van der Waals surface area contributed by atoms with Crippen molar-refractivity contribution in [2.45, 2.75) is 38.8 Å². The topological polar surface area (TPSA) is 84.2 Å². The van der Waals surface area contributed by atoms with Gasteiger partial charge in [-0.25, -0.2) is 0 Å². The first-order chi connectivity index (χ1) is 6.51. The Bertz CT molecular complexity index is 206. The minimum atomic E-state index is -0.503. The Hall–Kier alpha value is -1.10. The lowest BCUT2D eigenvalue weighted by Gasteiger charge is -2.14. The summed E-state index contributed by atoms with van der Waals surface area (Å²) >= 11 is 0. The Morgan fingerprint density at radius 3 is 2.43 bits per heavy atom. The molecule has 0 aromatic carbocycles. The second-order valence-electron chi connectivity index (χ2n) is 3.28. The third-order valence-electron chi connectivity index (χ3n) is 1.99. The molecule has 0 aliphatic rings. The van der Waals surface area contributed by atoms with Crippen molar-refractivity contribution in [3.05, 3.63) is 0 Å². The molecular formula is C9H19N3O2. The van der Waals surface area contributed by atoms with Crippen molar-refractivity contribution < 1.29 is 9.59 Å². The lowest BCUT2D eigenvalue weighted by atomic mass is 10.1. The maximum absolute atomic E-state index is 11.3. The van der Waals surface area contributed by atoms with Crippen LogP contribution in [0.1, 0.15) is 26.7 Å². The number of carbonyl (C=O) groups excluding carboxylic acids is 2. The molecule has 0 spiro atoms. The second kappa shape index (κ2) is 6.37. The van der Waals surface area contributed by atoms with E-state index in [2.05, 4.69) is 10.6 Å². The average Bonchev–Trinajstić information content (AvgIpc) is 2.15. The number of hydrogen-bond acceptors (Lipinski definition) is 3. The van der Waals surface area contributed by atoms with Gasteiger partial charge < -0.3 is 16.4 Å². The van der Waals surface area contributed by atoms with Crippen LogP contribution in [-0.2, 0) is 9.59 Å². The number of nitrogens with two attached hydrogens (primary N) is 1. The van der Waals surface area contributed by atoms with E-state index in [4.69, 9.17) is 5.73 Å². The second-order valence-corrected chi connectivity index (χ2v) is 3.28. The zero-order chi connectivity index (χ0) is 11.1. The average molecular weight is 201 g/mol. The van der Waals surface area contributed by atoms with Crippen molar-refractivity contribution in [2.75, 3.05) is 7.05 Å². The summed E-state index contributed by atoms with van der Waals surface area (Å²) < 4.78 is 0. The molecule has 82 valence electrons. The van der Waals surface area contributed by atoms with Crippen LogP contribution in [0.5, 0.6) is 0 Å². The monoisotopic (exact) mass is 201 g/mol. The third-order valence-corrected chi connectivity index (χ3v) is 1.99. The highest BCUT2D eigenvalue weighted by atomic mass is 16.2. The summed E-state index contributed by atoms with van der Waals surface area (Å²) in [7, 11) is 1.53. The van der Waals surface area contributed by atoms with E-state index >= 15 is 0 Å². The highest BCUT2D eigenvalue weighted by Crippen LogP contribution is 1.94. The number of carbonyl (C=O) groups is 2. The van der Waals surface area contributed by atoms with Crippen LogP contribution in [0.3, 0.4) is 0 Å². The van der Waals surface area contributed by atoms with E-state index in [9.17, 15) is 9.59 Å². The van der Waals surface area contributed by atoms with Gasteiger partial charge in [0.05, 0.1) is 0 Å². The standard InChI is InChI=1S/C9H19N3O2/c1-4-7(10)5-8(13)12-6(2)9(14)11-3/h6-7H,4-5,10H2,1-3H3,(H,11,14)(H,12,13). The van der Waals surface area contributed by atoms with Crippen LogP contribution in [0.2, 0.25) is 0 Å². The molecule has 14 heavy (non-hydrogen) atoms. The van der Waals surface area contributed by atoms with Gasteiger partial charge in [0.2, 0.25) is 11.8 Å². The minimum absolute atomic E-state index is 0.133. The fraction of sp³-hybridized carbons (Fsp3) is 0.778. The van der Waals surface area contributed by atoms with Crippen LogP contribution in [0.25, 0.3) is 0 Å². The molecular weight excluding hydrogens is 182 g/mol. The van der Waals surface area contributed by atoms with E-state index < -0.39 is 6.04 Å². The third kappa shape index (κ3) is 4.81. The van der Waals surface area contributed by atoms with Crippen molar-refractivity contribution in [1.82, 2.24) is 10.6 Å². The largest absolute Gasteiger partial charge is 0.357 e. The first kappa shape index (κ1) is 12.9. The molecule has 0 radical (unpaired) electrons. The molecule has 0 heterocycles. The normalized spacial score (nSPS) is 14.3. The molecule has 0 aliphatic carbocycles. The lowest BCUT2D eigenvalue weighted by Crippen LogP contribution is -2.44. The molecule has 0 saturated carbocycles. The van der Waals surface area contributed by atoms with E-state index in [0.717, 1.165) is 6.42 Å². The van der Waals surface area contributed by atoms with Crippen LogP contribution in [0.15, 0.2) is 0 Å². The molecule has 0 aliphatic heterocycles. The molecule has 2 atom stereocenters. The highest BCUT2D eigenvalue weighted by molar-refractivity contribution is 5.87. The zero-order valence-electron chi connectivity index (χ0n) is 8.96. The van der Waals surface area contributed by atoms with Gasteiger partial charge in [-0.15, -0.1) is 0 Å². The van der Waals surface area contributed by atoms with E-state index in [1.54, 1.807) is 6.92 Å². The summed E-state index contributed by atoms with van der Waals surface area (Å²) in [5, 5.41) is 5.02. The van der Waals surface area contributed by atoms with Crippen LogP contribution in [0.4, 0.5) is 0 Å². The molecule has 0 fully saturated rings. The smallest absolute Gasteiger partial charge is 0.242 e. The molecule has 0 bridgehead atoms. The molecule has 5 heteroatoms. The van der Waals surface area contributed by atoms with Crippen molar-refractivity contribution in [2.24, 2.45) is 5.73 Å². The molecule has 2 amide bonds. The van der Waals surface area contributed by atoms with Crippen LogP contribution in [-0.4, -0.2) is 30.9 Å². The number of hydrogen-bond donors (Lipinski definition) is 3. The molecule has 0 aromatic rings. The van der Waals surface area contributed by atoms with Gasteiger partial charge in [0.1, 0.15) is 6.04 Å². The van der Waals surface area contributed by atoms with Gasteiger partial charge in [0, 0.05) is 19.5 Å². The van der Waals surface area contributed by atoms with Gasteiger partial charge in [-0.2, -0.15) is 0 Å². The SMILES string of the molecule is CCC(N)CC(=O)NC(C)C(=O)NC. The highest BCUT2D eigenvalue weighted by Gasteiger charge is 2.15. The van der Waals surface area contributed by atoms with Gasteiger partial charge in [0.25, 0.3) is 0 Å². The number of rotatable bonds is 5. The summed E-state index contributed by atoms with van der Waals surface area (Å²) in [5.74, 6) is -0.390.